The maximum atomic E-state index is 11.5. The average molecular weight is 259 g/mol. The van der Waals surface area contributed by atoms with Crippen molar-refractivity contribution in [1.29, 1.82) is 0 Å². The first kappa shape index (κ1) is 12.1. The van der Waals surface area contributed by atoms with Crippen LogP contribution < -0.4 is 5.32 Å². The molecule has 1 aromatic heterocycles. The molecule has 1 aliphatic heterocycles. The quantitative estimate of drug-likeness (QED) is 0.899. The molecule has 2 rings (SSSR count). The highest BCUT2D eigenvalue weighted by molar-refractivity contribution is 7.91. The van der Waals surface area contributed by atoms with Crippen LogP contribution in [0.25, 0.3) is 0 Å². The molecule has 5 heteroatoms. The summed E-state index contributed by atoms with van der Waals surface area (Å²) in [4.78, 5) is 1.28. The number of rotatable bonds is 3. The van der Waals surface area contributed by atoms with Crippen molar-refractivity contribution in [1.82, 2.24) is 5.32 Å². The predicted molar refractivity (Wildman–Crippen MR) is 67.6 cm³/mol. The Morgan fingerprint density at radius 2 is 2.31 bits per heavy atom. The normalized spacial score (nSPS) is 25.8. The molecule has 2 heterocycles. The van der Waals surface area contributed by atoms with Gasteiger partial charge in [-0.3, -0.25) is 0 Å². The molecule has 0 saturated carbocycles. The second-order valence-electron chi connectivity index (χ2n) is 4.40. The van der Waals surface area contributed by atoms with Gasteiger partial charge in [-0.25, -0.2) is 8.42 Å². The van der Waals surface area contributed by atoms with Crippen molar-refractivity contribution in [2.75, 3.05) is 18.6 Å². The minimum absolute atomic E-state index is 0.192. The summed E-state index contributed by atoms with van der Waals surface area (Å²) in [7, 11) is -0.878. The number of hydrogen-bond acceptors (Lipinski definition) is 4. The fraction of sp³-hybridized carbons (Fsp3) is 0.636. The van der Waals surface area contributed by atoms with Gasteiger partial charge < -0.3 is 5.32 Å². The highest BCUT2D eigenvalue weighted by Gasteiger charge is 2.34. The smallest absolute Gasteiger partial charge is 0.150 e. The first-order valence-corrected chi connectivity index (χ1v) is 8.15. The Labute approximate surface area is 101 Å². The fourth-order valence-electron chi connectivity index (χ4n) is 2.37. The molecule has 0 aromatic carbocycles. The van der Waals surface area contributed by atoms with Crippen LogP contribution in [0.4, 0.5) is 0 Å². The van der Waals surface area contributed by atoms with Gasteiger partial charge in [0.15, 0.2) is 9.84 Å². The molecule has 1 saturated heterocycles. The molecule has 0 amide bonds. The lowest BCUT2D eigenvalue weighted by atomic mass is 9.96. The molecule has 2 atom stereocenters. The zero-order valence-corrected chi connectivity index (χ0v) is 11.2. The third kappa shape index (κ3) is 2.31. The third-order valence-electron chi connectivity index (χ3n) is 3.23. The molecule has 16 heavy (non-hydrogen) atoms. The lowest BCUT2D eigenvalue weighted by molar-refractivity contribution is 0.423. The molecular weight excluding hydrogens is 242 g/mol. The van der Waals surface area contributed by atoms with Gasteiger partial charge in [0.2, 0.25) is 0 Å². The zero-order valence-electron chi connectivity index (χ0n) is 9.56. The van der Waals surface area contributed by atoms with Gasteiger partial charge in [-0.2, -0.15) is 0 Å². The van der Waals surface area contributed by atoms with Crippen LogP contribution in [0.5, 0.6) is 0 Å². The van der Waals surface area contributed by atoms with Gasteiger partial charge in [0, 0.05) is 10.9 Å². The van der Waals surface area contributed by atoms with Crippen molar-refractivity contribution < 1.29 is 8.42 Å². The van der Waals surface area contributed by atoms with Crippen LogP contribution in [0.1, 0.15) is 22.9 Å². The predicted octanol–water partition coefficient (Wildman–Crippen LogP) is 1.75. The van der Waals surface area contributed by atoms with Crippen LogP contribution in [0.3, 0.4) is 0 Å². The highest BCUT2D eigenvalue weighted by atomic mass is 32.2. The average Bonchev–Trinajstić information content (AvgIpc) is 2.76. The standard InChI is InChI=1S/C11H17NO2S2/c1-8-3-5-15-11(8)10(12-2)9-4-6-16(13,14)7-9/h3,5,9-10,12H,4,6-7H2,1-2H3. The topological polar surface area (TPSA) is 46.2 Å². The maximum Gasteiger partial charge on any atom is 0.150 e. The minimum atomic E-state index is -2.79. The molecule has 3 nitrogen and oxygen atoms in total. The summed E-state index contributed by atoms with van der Waals surface area (Å²) in [6.45, 7) is 2.08. The van der Waals surface area contributed by atoms with Crippen LogP contribution in [0, 0.1) is 12.8 Å². The van der Waals surface area contributed by atoms with E-state index >= 15 is 0 Å². The first-order valence-electron chi connectivity index (χ1n) is 5.45. The van der Waals surface area contributed by atoms with E-state index in [-0.39, 0.29) is 12.0 Å². The Morgan fingerprint density at radius 3 is 2.75 bits per heavy atom. The van der Waals surface area contributed by atoms with Gasteiger partial charge in [-0.1, -0.05) is 0 Å². The summed E-state index contributed by atoms with van der Waals surface area (Å²) >= 11 is 1.71. The van der Waals surface area contributed by atoms with E-state index in [2.05, 4.69) is 23.7 Å². The number of nitrogens with one attached hydrogen (secondary N) is 1. The Morgan fingerprint density at radius 1 is 1.56 bits per heavy atom. The van der Waals surface area contributed by atoms with Gasteiger partial charge in [0.1, 0.15) is 0 Å². The molecule has 0 spiro atoms. The minimum Gasteiger partial charge on any atom is -0.312 e. The second kappa shape index (κ2) is 4.47. The number of thiophene rings is 1. The molecule has 0 radical (unpaired) electrons. The summed E-state index contributed by atoms with van der Waals surface area (Å²) in [6.07, 6.45) is 0.783. The molecule has 1 aliphatic rings. The lowest BCUT2D eigenvalue weighted by Crippen LogP contribution is -2.25. The number of hydrogen-bond donors (Lipinski definition) is 1. The molecule has 0 bridgehead atoms. The summed E-state index contributed by atoms with van der Waals surface area (Å²) in [5, 5.41) is 5.34. The summed E-state index contributed by atoms with van der Waals surface area (Å²) in [5.74, 6) is 0.906. The monoisotopic (exact) mass is 259 g/mol. The van der Waals surface area contributed by atoms with E-state index in [9.17, 15) is 8.42 Å². The first-order chi connectivity index (χ1) is 7.53. The van der Waals surface area contributed by atoms with Crippen molar-refractivity contribution >= 4 is 21.2 Å². The highest BCUT2D eigenvalue weighted by Crippen LogP contribution is 2.35. The van der Waals surface area contributed by atoms with Gasteiger partial charge in [0.25, 0.3) is 0 Å². The van der Waals surface area contributed by atoms with Crippen LogP contribution in [0.15, 0.2) is 11.4 Å². The van der Waals surface area contributed by atoms with Crippen LogP contribution in [-0.2, 0) is 9.84 Å². The molecule has 2 unspecified atom stereocenters. The van der Waals surface area contributed by atoms with Gasteiger partial charge >= 0.3 is 0 Å². The van der Waals surface area contributed by atoms with E-state index in [0.29, 0.717) is 11.5 Å². The summed E-state index contributed by atoms with van der Waals surface area (Å²) < 4.78 is 23.0. The second-order valence-corrected chi connectivity index (χ2v) is 7.57. The molecule has 1 aromatic rings. The van der Waals surface area contributed by atoms with E-state index in [0.717, 1.165) is 6.42 Å². The van der Waals surface area contributed by atoms with Crippen molar-refractivity contribution in [3.05, 3.63) is 21.9 Å². The van der Waals surface area contributed by atoms with Gasteiger partial charge in [-0.05, 0) is 43.3 Å². The van der Waals surface area contributed by atoms with Crippen LogP contribution in [-0.4, -0.2) is 27.0 Å². The van der Waals surface area contributed by atoms with Gasteiger partial charge in [0.05, 0.1) is 11.5 Å². The number of sulfone groups is 1. The Kier molecular flexibility index (Phi) is 3.37. The van der Waals surface area contributed by atoms with Gasteiger partial charge in [-0.15, -0.1) is 11.3 Å². The van der Waals surface area contributed by atoms with E-state index in [1.807, 2.05) is 7.05 Å². The molecule has 1 N–H and O–H groups in total. The van der Waals surface area contributed by atoms with Crippen molar-refractivity contribution in [2.45, 2.75) is 19.4 Å². The van der Waals surface area contributed by atoms with E-state index < -0.39 is 9.84 Å². The maximum absolute atomic E-state index is 11.5. The van der Waals surface area contributed by atoms with Crippen molar-refractivity contribution in [3.63, 3.8) is 0 Å². The number of aryl methyl sites for hydroxylation is 1. The SMILES string of the molecule is CNC(c1sccc1C)C1CCS(=O)(=O)C1. The molecule has 1 fully saturated rings. The largest absolute Gasteiger partial charge is 0.312 e. The molecule has 90 valence electrons. The third-order valence-corrected chi connectivity index (χ3v) is 6.13. The molecule has 0 aliphatic carbocycles. The fourth-order valence-corrected chi connectivity index (χ4v) is 5.34. The molecular formula is C11H17NO2S2. The Bertz CT molecular complexity index is 464. The Balaban J connectivity index is 2.22. The summed E-state index contributed by atoms with van der Waals surface area (Å²) in [6, 6.07) is 2.28. The van der Waals surface area contributed by atoms with Crippen molar-refractivity contribution in [3.8, 4) is 0 Å². The van der Waals surface area contributed by atoms with Crippen LogP contribution >= 0.6 is 11.3 Å². The van der Waals surface area contributed by atoms with E-state index in [1.165, 1.54) is 10.4 Å². The van der Waals surface area contributed by atoms with E-state index in [1.54, 1.807) is 11.3 Å². The van der Waals surface area contributed by atoms with Crippen molar-refractivity contribution in [2.24, 2.45) is 5.92 Å². The van der Waals surface area contributed by atoms with E-state index in [4.69, 9.17) is 0 Å². The lowest BCUT2D eigenvalue weighted by Gasteiger charge is -2.21. The van der Waals surface area contributed by atoms with Crippen LogP contribution in [0.2, 0.25) is 0 Å². The Hall–Kier alpha value is -0.390. The summed E-state index contributed by atoms with van der Waals surface area (Å²) in [5.41, 5.74) is 1.26. The zero-order chi connectivity index (χ0) is 11.8.